The maximum absolute atomic E-state index is 11.7. The predicted octanol–water partition coefficient (Wildman–Crippen LogP) is 1.37. The Morgan fingerprint density at radius 3 is 2.94 bits per heavy atom. The molecule has 1 aromatic heterocycles. The van der Waals surface area contributed by atoms with Crippen LogP contribution in [0.15, 0.2) is 6.07 Å². The van der Waals surface area contributed by atoms with Crippen LogP contribution in [0.3, 0.4) is 0 Å². The van der Waals surface area contributed by atoms with Gasteiger partial charge in [-0.3, -0.25) is 4.79 Å². The Balaban J connectivity index is 2.84. The van der Waals surface area contributed by atoms with Gasteiger partial charge in [0.15, 0.2) is 10.9 Å². The first-order valence-corrected chi connectivity index (χ1v) is 5.77. The van der Waals surface area contributed by atoms with Gasteiger partial charge in [-0.25, -0.2) is 4.98 Å². The number of nitrogen functional groups attached to an aromatic ring is 1. The third-order valence-corrected chi connectivity index (χ3v) is 3.39. The first-order chi connectivity index (χ1) is 8.08. The number of rotatable bonds is 3. The molecular weight excluding hydrogens is 240 g/mol. The zero-order chi connectivity index (χ0) is 12.6. The summed E-state index contributed by atoms with van der Waals surface area (Å²) in [4.78, 5) is 15.9. The van der Waals surface area contributed by atoms with Crippen LogP contribution < -0.4 is 10.5 Å². The van der Waals surface area contributed by atoms with E-state index < -0.39 is 6.61 Å². The summed E-state index contributed by atoms with van der Waals surface area (Å²) in [6.07, 6.45) is 0. The van der Waals surface area contributed by atoms with Gasteiger partial charge in [0.1, 0.15) is 12.4 Å². The molecular formula is C11H12N2O3S. The van der Waals surface area contributed by atoms with Crippen LogP contribution in [0.5, 0.6) is 5.75 Å². The van der Waals surface area contributed by atoms with Crippen LogP contribution in [0.25, 0.3) is 10.2 Å². The van der Waals surface area contributed by atoms with Gasteiger partial charge in [-0.2, -0.15) is 0 Å². The SMILES string of the molecule is COc1cc2sc(N)nc2c(C(=O)CO)c1C. The van der Waals surface area contributed by atoms with Gasteiger partial charge >= 0.3 is 0 Å². The number of nitrogens with two attached hydrogens (primary N) is 1. The molecule has 0 amide bonds. The van der Waals surface area contributed by atoms with Crippen LogP contribution in [0.4, 0.5) is 5.13 Å². The van der Waals surface area contributed by atoms with Crippen molar-refractivity contribution in [3.8, 4) is 5.75 Å². The number of thiazole rings is 1. The second-order valence-electron chi connectivity index (χ2n) is 3.56. The summed E-state index contributed by atoms with van der Waals surface area (Å²) in [6, 6.07) is 1.80. The minimum absolute atomic E-state index is 0.378. The summed E-state index contributed by atoms with van der Waals surface area (Å²) in [6.45, 7) is 1.21. The van der Waals surface area contributed by atoms with Crippen molar-refractivity contribution in [2.24, 2.45) is 0 Å². The number of aliphatic hydroxyl groups is 1. The molecule has 0 aliphatic rings. The van der Waals surface area contributed by atoms with E-state index in [2.05, 4.69) is 4.98 Å². The number of nitrogens with zero attached hydrogens (tertiary/aromatic N) is 1. The van der Waals surface area contributed by atoms with Gasteiger partial charge < -0.3 is 15.6 Å². The molecule has 0 aliphatic heterocycles. The Bertz CT molecular complexity index is 592. The van der Waals surface area contributed by atoms with E-state index in [0.717, 1.165) is 4.70 Å². The van der Waals surface area contributed by atoms with E-state index >= 15 is 0 Å². The number of hydrogen-bond donors (Lipinski definition) is 2. The van der Waals surface area contributed by atoms with E-state index in [4.69, 9.17) is 15.6 Å². The van der Waals surface area contributed by atoms with Crippen molar-refractivity contribution >= 4 is 32.5 Å². The molecule has 5 nitrogen and oxygen atoms in total. The molecule has 6 heteroatoms. The zero-order valence-electron chi connectivity index (χ0n) is 9.48. The quantitative estimate of drug-likeness (QED) is 0.806. The van der Waals surface area contributed by atoms with E-state index in [1.165, 1.54) is 18.4 Å². The summed E-state index contributed by atoms with van der Waals surface area (Å²) in [5.74, 6) is 0.217. The van der Waals surface area contributed by atoms with Crippen molar-refractivity contribution in [1.82, 2.24) is 4.98 Å². The highest BCUT2D eigenvalue weighted by molar-refractivity contribution is 7.22. The summed E-state index contributed by atoms with van der Waals surface area (Å²) >= 11 is 1.29. The molecule has 0 unspecified atom stereocenters. The number of ether oxygens (including phenoxy) is 1. The van der Waals surface area contributed by atoms with Crippen molar-refractivity contribution in [2.45, 2.75) is 6.92 Å². The average molecular weight is 252 g/mol. The lowest BCUT2D eigenvalue weighted by Gasteiger charge is -2.09. The molecule has 2 aromatic rings. The lowest BCUT2D eigenvalue weighted by atomic mass is 10.0. The summed E-state index contributed by atoms with van der Waals surface area (Å²) in [5.41, 5.74) is 7.22. The van der Waals surface area contributed by atoms with Crippen molar-refractivity contribution in [3.63, 3.8) is 0 Å². The molecule has 3 N–H and O–H groups in total. The monoisotopic (exact) mass is 252 g/mol. The minimum atomic E-state index is -0.555. The largest absolute Gasteiger partial charge is 0.496 e. The normalized spacial score (nSPS) is 10.8. The van der Waals surface area contributed by atoms with Gasteiger partial charge in [-0.15, -0.1) is 0 Å². The van der Waals surface area contributed by atoms with Crippen LogP contribution in [-0.4, -0.2) is 29.6 Å². The first kappa shape index (κ1) is 11.8. The maximum atomic E-state index is 11.7. The number of hydrogen-bond acceptors (Lipinski definition) is 6. The molecule has 90 valence electrons. The second-order valence-corrected chi connectivity index (χ2v) is 4.62. The molecule has 0 bridgehead atoms. The predicted molar refractivity (Wildman–Crippen MR) is 66.7 cm³/mol. The fourth-order valence-electron chi connectivity index (χ4n) is 1.79. The molecule has 0 atom stereocenters. The zero-order valence-corrected chi connectivity index (χ0v) is 10.3. The molecule has 1 heterocycles. The number of Topliss-reactive ketones (excluding diaryl/α,β-unsaturated/α-hetero) is 1. The van der Waals surface area contributed by atoms with Gasteiger partial charge in [0, 0.05) is 5.56 Å². The van der Waals surface area contributed by atoms with Crippen LogP contribution in [0, 0.1) is 6.92 Å². The number of ketones is 1. The highest BCUT2D eigenvalue weighted by Crippen LogP contribution is 2.34. The Kier molecular flexibility index (Phi) is 2.99. The molecule has 0 radical (unpaired) electrons. The van der Waals surface area contributed by atoms with Crippen molar-refractivity contribution < 1.29 is 14.6 Å². The highest BCUT2D eigenvalue weighted by Gasteiger charge is 2.19. The van der Waals surface area contributed by atoms with Crippen LogP contribution in [0.2, 0.25) is 0 Å². The van der Waals surface area contributed by atoms with Crippen molar-refractivity contribution in [2.75, 3.05) is 19.5 Å². The smallest absolute Gasteiger partial charge is 0.190 e. The van der Waals surface area contributed by atoms with E-state index in [0.29, 0.717) is 27.5 Å². The molecule has 0 fully saturated rings. The van der Waals surface area contributed by atoms with Crippen LogP contribution in [0.1, 0.15) is 15.9 Å². The lowest BCUT2D eigenvalue weighted by Crippen LogP contribution is -2.08. The second kappa shape index (κ2) is 4.31. The average Bonchev–Trinajstić information content (AvgIpc) is 2.67. The Hall–Kier alpha value is -1.66. The molecule has 0 spiro atoms. The Morgan fingerprint density at radius 2 is 2.35 bits per heavy atom. The number of fused-ring (bicyclic) bond motifs is 1. The highest BCUT2D eigenvalue weighted by atomic mass is 32.1. The number of carbonyl (C=O) groups excluding carboxylic acids is 1. The van der Waals surface area contributed by atoms with E-state index in [1.807, 2.05) is 0 Å². The fourth-order valence-corrected chi connectivity index (χ4v) is 2.56. The molecule has 0 saturated heterocycles. The molecule has 0 saturated carbocycles. The van der Waals surface area contributed by atoms with Gasteiger partial charge in [0.25, 0.3) is 0 Å². The fraction of sp³-hybridized carbons (Fsp3) is 0.273. The van der Waals surface area contributed by atoms with Crippen molar-refractivity contribution in [1.29, 1.82) is 0 Å². The van der Waals surface area contributed by atoms with Gasteiger partial charge in [-0.1, -0.05) is 11.3 Å². The Morgan fingerprint density at radius 1 is 1.65 bits per heavy atom. The lowest BCUT2D eigenvalue weighted by molar-refractivity contribution is 0.0904. The third-order valence-electron chi connectivity index (χ3n) is 2.56. The van der Waals surface area contributed by atoms with E-state index in [9.17, 15) is 4.79 Å². The molecule has 0 aliphatic carbocycles. The van der Waals surface area contributed by atoms with Gasteiger partial charge in [0.2, 0.25) is 0 Å². The number of benzene rings is 1. The third kappa shape index (κ3) is 1.85. The maximum Gasteiger partial charge on any atom is 0.190 e. The van der Waals surface area contributed by atoms with E-state index in [1.54, 1.807) is 13.0 Å². The number of methoxy groups -OCH3 is 1. The Labute approximate surface area is 102 Å². The standard InChI is InChI=1S/C11H12N2O3S/c1-5-7(16-2)3-8-10(13-11(12)17-8)9(5)6(15)4-14/h3,14H,4H2,1-2H3,(H2,12,13). The minimum Gasteiger partial charge on any atom is -0.496 e. The van der Waals surface area contributed by atoms with Gasteiger partial charge in [-0.05, 0) is 13.0 Å². The van der Waals surface area contributed by atoms with Crippen LogP contribution in [-0.2, 0) is 0 Å². The molecule has 17 heavy (non-hydrogen) atoms. The summed E-state index contributed by atoms with van der Waals surface area (Å²) in [5, 5.41) is 9.39. The van der Waals surface area contributed by atoms with Crippen molar-refractivity contribution in [3.05, 3.63) is 17.2 Å². The summed E-state index contributed by atoms with van der Waals surface area (Å²) in [7, 11) is 1.53. The number of aromatic nitrogens is 1. The summed E-state index contributed by atoms with van der Waals surface area (Å²) < 4.78 is 5.98. The topological polar surface area (TPSA) is 85.4 Å². The van der Waals surface area contributed by atoms with Gasteiger partial charge in [0.05, 0.1) is 22.9 Å². The first-order valence-electron chi connectivity index (χ1n) is 4.96. The van der Waals surface area contributed by atoms with Crippen LogP contribution >= 0.6 is 11.3 Å². The number of carbonyl (C=O) groups is 1. The molecule has 1 aromatic carbocycles. The number of aliphatic hydroxyl groups excluding tert-OH is 1. The number of anilines is 1. The molecule has 2 rings (SSSR count). The van der Waals surface area contributed by atoms with E-state index in [-0.39, 0.29) is 5.78 Å².